The number of anilines is 1. The normalized spacial score (nSPS) is 10.1. The monoisotopic (exact) mass is 336 g/mol. The van der Waals surface area contributed by atoms with Gasteiger partial charge in [-0.3, -0.25) is 14.9 Å². The fourth-order valence-corrected chi connectivity index (χ4v) is 1.73. The lowest BCUT2D eigenvalue weighted by molar-refractivity contribution is -0.384. The molecule has 2 aromatic carbocycles. The molecule has 0 heterocycles. The summed E-state index contributed by atoms with van der Waals surface area (Å²) in [7, 11) is 0. The van der Waals surface area contributed by atoms with Crippen LogP contribution < -0.4 is 5.32 Å². The van der Waals surface area contributed by atoms with Crippen LogP contribution in [0.25, 0.3) is 0 Å². The van der Waals surface area contributed by atoms with Gasteiger partial charge >= 0.3 is 5.97 Å². The van der Waals surface area contributed by atoms with E-state index in [1.807, 2.05) is 5.32 Å². The second kappa shape index (κ2) is 7.27. The predicted octanol–water partition coefficient (Wildman–Crippen LogP) is 2.67. The molecule has 0 aliphatic rings. The van der Waals surface area contributed by atoms with E-state index in [2.05, 4.69) is 4.74 Å². The number of non-ortho nitro benzene ring substituents is 1. The first-order valence-corrected chi connectivity index (χ1v) is 6.54. The topological polar surface area (TPSA) is 98.5 Å². The Morgan fingerprint density at radius 3 is 2.21 bits per heavy atom. The van der Waals surface area contributed by atoms with E-state index in [9.17, 15) is 28.5 Å². The van der Waals surface area contributed by atoms with Gasteiger partial charge in [0.25, 0.3) is 11.6 Å². The summed E-state index contributed by atoms with van der Waals surface area (Å²) in [6.45, 7) is -0.774. The van der Waals surface area contributed by atoms with Crippen molar-refractivity contribution in [1.29, 1.82) is 0 Å². The molecule has 1 N–H and O–H groups in total. The number of para-hydroxylation sites is 1. The molecule has 0 atom stereocenters. The van der Waals surface area contributed by atoms with Crippen molar-refractivity contribution < 1.29 is 28.0 Å². The molecule has 0 bridgehead atoms. The van der Waals surface area contributed by atoms with Gasteiger partial charge in [-0.1, -0.05) is 6.07 Å². The van der Waals surface area contributed by atoms with Crippen molar-refractivity contribution in [2.24, 2.45) is 0 Å². The lowest BCUT2D eigenvalue weighted by atomic mass is 10.2. The zero-order valence-corrected chi connectivity index (χ0v) is 12.0. The van der Waals surface area contributed by atoms with Gasteiger partial charge < -0.3 is 10.1 Å². The first kappa shape index (κ1) is 17.0. The van der Waals surface area contributed by atoms with Gasteiger partial charge in [0.15, 0.2) is 6.61 Å². The highest BCUT2D eigenvalue weighted by Gasteiger charge is 2.15. The Labute approximate surface area is 134 Å². The van der Waals surface area contributed by atoms with Gasteiger partial charge in [-0.25, -0.2) is 13.6 Å². The summed E-state index contributed by atoms with van der Waals surface area (Å²) in [6.07, 6.45) is 0. The lowest BCUT2D eigenvalue weighted by Gasteiger charge is -2.08. The Morgan fingerprint density at radius 1 is 1.08 bits per heavy atom. The molecule has 0 spiro atoms. The van der Waals surface area contributed by atoms with Crippen LogP contribution in [0, 0.1) is 21.7 Å². The van der Waals surface area contributed by atoms with Crippen LogP contribution in [0.15, 0.2) is 42.5 Å². The molecule has 0 fully saturated rings. The molecule has 7 nitrogen and oxygen atoms in total. The number of hydrogen-bond acceptors (Lipinski definition) is 5. The molecule has 0 unspecified atom stereocenters. The summed E-state index contributed by atoms with van der Waals surface area (Å²) in [5.74, 6) is -3.78. The molecule has 9 heteroatoms. The first-order valence-electron chi connectivity index (χ1n) is 6.54. The molecule has 24 heavy (non-hydrogen) atoms. The molecule has 2 rings (SSSR count). The fraction of sp³-hybridized carbons (Fsp3) is 0.0667. The number of halogens is 2. The van der Waals surface area contributed by atoms with Gasteiger partial charge in [-0.05, 0) is 24.3 Å². The number of nitrogens with zero attached hydrogens (tertiary/aromatic N) is 1. The Morgan fingerprint density at radius 2 is 1.67 bits per heavy atom. The van der Waals surface area contributed by atoms with Crippen LogP contribution in [-0.4, -0.2) is 23.4 Å². The zero-order valence-electron chi connectivity index (χ0n) is 12.0. The third-order valence-corrected chi connectivity index (χ3v) is 2.88. The van der Waals surface area contributed by atoms with E-state index in [1.54, 1.807) is 0 Å². The molecule has 0 saturated heterocycles. The highest BCUT2D eigenvalue weighted by molar-refractivity contribution is 5.95. The fourth-order valence-electron chi connectivity index (χ4n) is 1.73. The molecule has 0 aliphatic heterocycles. The number of benzene rings is 2. The van der Waals surface area contributed by atoms with Gasteiger partial charge in [-0.15, -0.1) is 0 Å². The van der Waals surface area contributed by atoms with Gasteiger partial charge in [0, 0.05) is 12.1 Å². The number of hydrogen-bond donors (Lipinski definition) is 1. The zero-order chi connectivity index (χ0) is 17.7. The molecule has 0 saturated carbocycles. The maximum atomic E-state index is 13.4. The molecule has 0 radical (unpaired) electrons. The highest BCUT2D eigenvalue weighted by Crippen LogP contribution is 2.18. The lowest BCUT2D eigenvalue weighted by Crippen LogP contribution is -2.22. The van der Waals surface area contributed by atoms with Gasteiger partial charge in [0.2, 0.25) is 0 Å². The van der Waals surface area contributed by atoms with Crippen molar-refractivity contribution in [3.63, 3.8) is 0 Å². The van der Waals surface area contributed by atoms with Crippen LogP contribution in [0.2, 0.25) is 0 Å². The molecule has 2 aromatic rings. The summed E-state index contributed by atoms with van der Waals surface area (Å²) in [4.78, 5) is 33.1. The minimum atomic E-state index is -0.968. The molecule has 1 amide bonds. The van der Waals surface area contributed by atoms with E-state index in [0.717, 1.165) is 42.5 Å². The van der Waals surface area contributed by atoms with Gasteiger partial charge in [0.1, 0.15) is 17.3 Å². The number of nitro groups is 1. The second-order valence-corrected chi connectivity index (χ2v) is 4.52. The number of carbonyl (C=O) groups excluding carboxylic acids is 2. The van der Waals surface area contributed by atoms with Crippen molar-refractivity contribution in [3.05, 3.63) is 69.8 Å². The summed E-state index contributed by atoms with van der Waals surface area (Å²) in [5, 5.41) is 12.5. The Bertz CT molecular complexity index is 773. The van der Waals surface area contributed by atoms with Crippen LogP contribution in [0.3, 0.4) is 0 Å². The summed E-state index contributed by atoms with van der Waals surface area (Å²) < 4.78 is 31.4. The van der Waals surface area contributed by atoms with Crippen LogP contribution in [-0.2, 0) is 9.53 Å². The van der Waals surface area contributed by atoms with Crippen molar-refractivity contribution in [3.8, 4) is 0 Å². The molecule has 0 aliphatic carbocycles. The van der Waals surface area contributed by atoms with E-state index < -0.39 is 40.7 Å². The number of carbonyl (C=O) groups is 2. The second-order valence-electron chi connectivity index (χ2n) is 4.52. The maximum Gasteiger partial charge on any atom is 0.338 e. The van der Waals surface area contributed by atoms with Gasteiger partial charge in [0.05, 0.1) is 10.5 Å². The standard InChI is InChI=1S/C15H10F2N2O5/c16-11-2-1-3-12(17)14(11)18-13(20)8-24-15(21)9-4-6-10(7-5-9)19(22)23/h1-7H,8H2,(H,18,20). The number of rotatable bonds is 5. The van der Waals surface area contributed by atoms with Crippen LogP contribution >= 0.6 is 0 Å². The van der Waals surface area contributed by atoms with E-state index >= 15 is 0 Å². The molecular formula is C15H10F2N2O5. The number of esters is 1. The SMILES string of the molecule is O=C(COC(=O)c1ccc([N+](=O)[O-])cc1)Nc1c(F)cccc1F. The van der Waals surface area contributed by atoms with E-state index in [1.165, 1.54) is 0 Å². The van der Waals surface area contributed by atoms with Crippen LogP contribution in [0.1, 0.15) is 10.4 Å². The third kappa shape index (κ3) is 4.09. The van der Waals surface area contributed by atoms with E-state index in [-0.39, 0.29) is 11.3 Å². The summed E-state index contributed by atoms with van der Waals surface area (Å²) in [5.41, 5.74) is -0.862. The van der Waals surface area contributed by atoms with E-state index in [0.29, 0.717) is 0 Å². The minimum Gasteiger partial charge on any atom is -0.452 e. The van der Waals surface area contributed by atoms with Gasteiger partial charge in [-0.2, -0.15) is 0 Å². The molecule has 124 valence electrons. The van der Waals surface area contributed by atoms with Crippen molar-refractivity contribution in [2.45, 2.75) is 0 Å². The Kier molecular flexibility index (Phi) is 5.15. The predicted molar refractivity (Wildman–Crippen MR) is 78.4 cm³/mol. The Balaban J connectivity index is 1.94. The highest BCUT2D eigenvalue weighted by atomic mass is 19.1. The van der Waals surface area contributed by atoms with E-state index in [4.69, 9.17) is 0 Å². The first-order chi connectivity index (χ1) is 11.4. The minimum absolute atomic E-state index is 0.00882. The average Bonchev–Trinajstić information content (AvgIpc) is 2.56. The van der Waals surface area contributed by atoms with Crippen molar-refractivity contribution in [2.75, 3.05) is 11.9 Å². The van der Waals surface area contributed by atoms with Crippen LogP contribution in [0.4, 0.5) is 20.2 Å². The van der Waals surface area contributed by atoms with Crippen molar-refractivity contribution >= 4 is 23.3 Å². The summed E-state index contributed by atoms with van der Waals surface area (Å²) in [6, 6.07) is 7.58. The molecular weight excluding hydrogens is 326 g/mol. The number of ether oxygens (including phenoxy) is 1. The largest absolute Gasteiger partial charge is 0.452 e. The Hall–Kier alpha value is -3.36. The quantitative estimate of drug-likeness (QED) is 0.514. The number of nitro benzene ring substituents is 1. The third-order valence-electron chi connectivity index (χ3n) is 2.88. The molecule has 0 aromatic heterocycles. The number of amides is 1. The number of nitrogens with one attached hydrogen (secondary N) is 1. The van der Waals surface area contributed by atoms with Crippen LogP contribution in [0.5, 0.6) is 0 Å². The summed E-state index contributed by atoms with van der Waals surface area (Å²) >= 11 is 0. The van der Waals surface area contributed by atoms with Crippen molar-refractivity contribution in [1.82, 2.24) is 0 Å². The smallest absolute Gasteiger partial charge is 0.338 e. The average molecular weight is 336 g/mol. The maximum absolute atomic E-state index is 13.4.